The molecule has 0 unspecified atom stereocenters. The molecule has 20 heavy (non-hydrogen) atoms. The summed E-state index contributed by atoms with van der Waals surface area (Å²) in [5.74, 6) is 0.727. The Kier molecular flexibility index (Phi) is 3.99. The summed E-state index contributed by atoms with van der Waals surface area (Å²) in [5, 5.41) is 0.565. The molecule has 1 atom stereocenters. The maximum absolute atomic E-state index is 5.84. The number of aromatic nitrogens is 2. The Morgan fingerprint density at radius 3 is 2.55 bits per heavy atom. The van der Waals surface area contributed by atoms with Crippen LogP contribution in [0.4, 0.5) is 0 Å². The summed E-state index contributed by atoms with van der Waals surface area (Å²) in [5.41, 5.74) is 2.37. The highest BCUT2D eigenvalue weighted by Crippen LogP contribution is 2.27. The van der Waals surface area contributed by atoms with E-state index in [0.29, 0.717) is 11.1 Å². The van der Waals surface area contributed by atoms with E-state index in [1.54, 1.807) is 12.4 Å². The SMILES string of the molecule is C[C@@H](c1cccc(-c2ncc(Cl)cn2)c1)N1CCCC1. The first kappa shape index (κ1) is 13.5. The molecule has 1 fully saturated rings. The highest BCUT2D eigenvalue weighted by molar-refractivity contribution is 6.30. The van der Waals surface area contributed by atoms with Crippen LogP contribution in [-0.2, 0) is 0 Å². The molecule has 0 spiro atoms. The van der Waals surface area contributed by atoms with Crippen molar-refractivity contribution < 1.29 is 0 Å². The van der Waals surface area contributed by atoms with E-state index in [2.05, 4.69) is 40.0 Å². The van der Waals surface area contributed by atoms with Crippen LogP contribution in [0.2, 0.25) is 5.02 Å². The van der Waals surface area contributed by atoms with Gasteiger partial charge in [0.25, 0.3) is 0 Å². The van der Waals surface area contributed by atoms with Crippen LogP contribution in [0.15, 0.2) is 36.7 Å². The molecule has 1 saturated heterocycles. The van der Waals surface area contributed by atoms with Crippen LogP contribution in [0.5, 0.6) is 0 Å². The molecule has 1 aromatic carbocycles. The van der Waals surface area contributed by atoms with Crippen molar-refractivity contribution in [3.8, 4) is 11.4 Å². The Bertz CT molecular complexity index is 577. The van der Waals surface area contributed by atoms with E-state index in [-0.39, 0.29) is 0 Å². The van der Waals surface area contributed by atoms with E-state index in [1.165, 1.54) is 31.5 Å². The summed E-state index contributed by atoms with van der Waals surface area (Å²) in [6.07, 6.45) is 5.90. The van der Waals surface area contributed by atoms with E-state index in [9.17, 15) is 0 Å². The topological polar surface area (TPSA) is 29.0 Å². The van der Waals surface area contributed by atoms with Gasteiger partial charge in [0.05, 0.1) is 5.02 Å². The largest absolute Gasteiger partial charge is 0.297 e. The molecule has 1 aliphatic heterocycles. The molecule has 0 saturated carbocycles. The lowest BCUT2D eigenvalue weighted by Crippen LogP contribution is -2.23. The Balaban J connectivity index is 1.87. The molecule has 0 bridgehead atoms. The molecule has 4 heteroatoms. The number of hydrogen-bond acceptors (Lipinski definition) is 3. The molecule has 2 aromatic rings. The van der Waals surface area contributed by atoms with Crippen molar-refractivity contribution in [2.45, 2.75) is 25.8 Å². The van der Waals surface area contributed by atoms with Gasteiger partial charge in [0.2, 0.25) is 0 Å². The molecule has 1 aliphatic rings. The van der Waals surface area contributed by atoms with Crippen molar-refractivity contribution in [1.82, 2.24) is 14.9 Å². The van der Waals surface area contributed by atoms with Crippen molar-refractivity contribution in [3.05, 3.63) is 47.2 Å². The third-order valence-corrected chi connectivity index (χ3v) is 4.13. The molecular formula is C16H18ClN3. The van der Waals surface area contributed by atoms with Crippen LogP contribution in [-0.4, -0.2) is 28.0 Å². The molecule has 1 aromatic heterocycles. The van der Waals surface area contributed by atoms with Gasteiger partial charge < -0.3 is 0 Å². The Hall–Kier alpha value is -1.45. The van der Waals surface area contributed by atoms with E-state index in [4.69, 9.17) is 11.6 Å². The molecule has 3 rings (SSSR count). The Morgan fingerprint density at radius 1 is 1.15 bits per heavy atom. The average molecular weight is 288 g/mol. The Labute approximate surface area is 124 Å². The summed E-state index contributed by atoms with van der Waals surface area (Å²) in [7, 11) is 0. The second kappa shape index (κ2) is 5.90. The summed E-state index contributed by atoms with van der Waals surface area (Å²) in [6, 6.07) is 8.94. The minimum Gasteiger partial charge on any atom is -0.297 e. The lowest BCUT2D eigenvalue weighted by atomic mass is 10.0. The standard InChI is InChI=1S/C16H18ClN3/c1-12(20-7-2-3-8-20)13-5-4-6-14(9-13)16-18-10-15(17)11-19-16/h4-6,9-12H,2-3,7-8H2,1H3/t12-/m0/s1. The molecule has 0 radical (unpaired) electrons. The van der Waals surface area contributed by atoms with E-state index in [1.807, 2.05) is 6.07 Å². The maximum Gasteiger partial charge on any atom is 0.159 e. The van der Waals surface area contributed by atoms with Crippen molar-refractivity contribution >= 4 is 11.6 Å². The van der Waals surface area contributed by atoms with Gasteiger partial charge in [-0.05, 0) is 44.5 Å². The van der Waals surface area contributed by atoms with Gasteiger partial charge in [-0.15, -0.1) is 0 Å². The Morgan fingerprint density at radius 2 is 1.85 bits per heavy atom. The van der Waals surface area contributed by atoms with Crippen molar-refractivity contribution in [2.75, 3.05) is 13.1 Å². The zero-order valence-corrected chi connectivity index (χ0v) is 12.3. The number of halogens is 1. The van der Waals surface area contributed by atoms with Gasteiger partial charge in [-0.25, -0.2) is 9.97 Å². The van der Waals surface area contributed by atoms with Crippen LogP contribution < -0.4 is 0 Å². The van der Waals surface area contributed by atoms with E-state index >= 15 is 0 Å². The molecule has 0 aliphatic carbocycles. The summed E-state index contributed by atoms with van der Waals surface area (Å²) in [6.45, 7) is 4.67. The minimum atomic E-state index is 0.449. The lowest BCUT2D eigenvalue weighted by molar-refractivity contribution is 0.263. The van der Waals surface area contributed by atoms with Gasteiger partial charge in [-0.1, -0.05) is 29.8 Å². The zero-order valence-electron chi connectivity index (χ0n) is 11.6. The zero-order chi connectivity index (χ0) is 13.9. The monoisotopic (exact) mass is 287 g/mol. The lowest BCUT2D eigenvalue weighted by Gasteiger charge is -2.24. The molecule has 0 amide bonds. The average Bonchev–Trinajstić information content (AvgIpc) is 3.01. The highest BCUT2D eigenvalue weighted by atomic mass is 35.5. The third-order valence-electron chi connectivity index (χ3n) is 3.94. The van der Waals surface area contributed by atoms with Gasteiger partial charge in [0.1, 0.15) is 0 Å². The normalized spacial score (nSPS) is 17.3. The number of nitrogens with zero attached hydrogens (tertiary/aromatic N) is 3. The van der Waals surface area contributed by atoms with Crippen LogP contribution in [0.3, 0.4) is 0 Å². The van der Waals surface area contributed by atoms with Gasteiger partial charge in [0.15, 0.2) is 5.82 Å². The second-order valence-corrected chi connectivity index (χ2v) is 5.71. The van der Waals surface area contributed by atoms with Crippen LogP contribution in [0.1, 0.15) is 31.4 Å². The van der Waals surface area contributed by atoms with E-state index in [0.717, 1.165) is 11.4 Å². The van der Waals surface area contributed by atoms with Crippen LogP contribution in [0, 0.1) is 0 Å². The number of likely N-dealkylation sites (tertiary alicyclic amines) is 1. The molecule has 2 heterocycles. The number of hydrogen-bond donors (Lipinski definition) is 0. The van der Waals surface area contributed by atoms with E-state index < -0.39 is 0 Å². The summed E-state index contributed by atoms with van der Waals surface area (Å²) >= 11 is 5.84. The summed E-state index contributed by atoms with van der Waals surface area (Å²) < 4.78 is 0. The molecule has 3 nitrogen and oxygen atoms in total. The fourth-order valence-electron chi connectivity index (χ4n) is 2.74. The van der Waals surface area contributed by atoms with Crippen LogP contribution in [0.25, 0.3) is 11.4 Å². The van der Waals surface area contributed by atoms with Gasteiger partial charge in [0, 0.05) is 24.0 Å². The first-order valence-corrected chi connectivity index (χ1v) is 7.44. The predicted octanol–water partition coefficient (Wildman–Crippen LogP) is 3.95. The van der Waals surface area contributed by atoms with Crippen LogP contribution >= 0.6 is 11.6 Å². The first-order chi connectivity index (χ1) is 9.74. The molecule has 104 valence electrons. The molecule has 0 N–H and O–H groups in total. The highest BCUT2D eigenvalue weighted by Gasteiger charge is 2.19. The minimum absolute atomic E-state index is 0.449. The first-order valence-electron chi connectivity index (χ1n) is 7.06. The summed E-state index contributed by atoms with van der Waals surface area (Å²) in [4.78, 5) is 11.1. The fourth-order valence-corrected chi connectivity index (χ4v) is 2.84. The van der Waals surface area contributed by atoms with Crippen molar-refractivity contribution in [3.63, 3.8) is 0 Å². The smallest absolute Gasteiger partial charge is 0.159 e. The fraction of sp³-hybridized carbons (Fsp3) is 0.375. The third kappa shape index (κ3) is 2.84. The number of benzene rings is 1. The second-order valence-electron chi connectivity index (χ2n) is 5.27. The van der Waals surface area contributed by atoms with Gasteiger partial charge in [-0.2, -0.15) is 0 Å². The van der Waals surface area contributed by atoms with Gasteiger partial charge in [-0.3, -0.25) is 4.90 Å². The number of rotatable bonds is 3. The molecular weight excluding hydrogens is 270 g/mol. The predicted molar refractivity (Wildman–Crippen MR) is 81.7 cm³/mol. The van der Waals surface area contributed by atoms with Crippen molar-refractivity contribution in [1.29, 1.82) is 0 Å². The quantitative estimate of drug-likeness (QED) is 0.856. The van der Waals surface area contributed by atoms with Crippen molar-refractivity contribution in [2.24, 2.45) is 0 Å². The maximum atomic E-state index is 5.84. The van der Waals surface area contributed by atoms with Gasteiger partial charge >= 0.3 is 0 Å².